The van der Waals surface area contributed by atoms with E-state index in [4.69, 9.17) is 0 Å². The molecule has 5 nitrogen and oxygen atoms in total. The highest BCUT2D eigenvalue weighted by Crippen LogP contribution is 2.33. The van der Waals surface area contributed by atoms with Crippen LogP contribution in [0.5, 0.6) is 0 Å². The molecule has 7 heteroatoms. The molecule has 0 bridgehead atoms. The Morgan fingerprint density at radius 2 is 1.44 bits per heavy atom. The highest BCUT2D eigenvalue weighted by molar-refractivity contribution is 7.91. The molecule has 0 saturated carbocycles. The fourth-order valence-corrected chi connectivity index (χ4v) is 6.09. The van der Waals surface area contributed by atoms with Crippen molar-refractivity contribution in [1.29, 1.82) is 0 Å². The second-order valence-corrected chi connectivity index (χ2v) is 11.2. The number of benzene rings is 3. The number of hydrogen-bond donors (Lipinski definition) is 1. The van der Waals surface area contributed by atoms with Gasteiger partial charge in [0, 0.05) is 10.4 Å². The Bertz CT molecular complexity index is 1350. The van der Waals surface area contributed by atoms with E-state index >= 15 is 0 Å². The van der Waals surface area contributed by atoms with Crippen molar-refractivity contribution in [2.24, 2.45) is 0 Å². The maximum Gasteiger partial charge on any atom is 0.241 e. The zero-order valence-corrected chi connectivity index (χ0v) is 20.5. The third-order valence-corrected chi connectivity index (χ3v) is 7.77. The van der Waals surface area contributed by atoms with Crippen molar-refractivity contribution in [3.05, 3.63) is 95.4 Å². The molecular weight excluding hydrogens is 464 g/mol. The summed E-state index contributed by atoms with van der Waals surface area (Å²) in [7, 11) is -3.59. The van der Waals surface area contributed by atoms with Crippen LogP contribution in [0, 0.1) is 0 Å². The van der Waals surface area contributed by atoms with Crippen molar-refractivity contribution in [2.45, 2.75) is 25.5 Å². The van der Waals surface area contributed by atoms with Gasteiger partial charge in [-0.3, -0.25) is 4.79 Å². The molecule has 0 fully saturated rings. The molecule has 34 heavy (non-hydrogen) atoms. The van der Waals surface area contributed by atoms with E-state index < -0.39 is 21.5 Å². The smallest absolute Gasteiger partial charge is 0.241 e. The number of aryl methyl sites for hydroxylation is 1. The quantitative estimate of drug-likeness (QED) is 0.313. The van der Waals surface area contributed by atoms with Crippen LogP contribution in [0.4, 0.5) is 5.13 Å². The van der Waals surface area contributed by atoms with E-state index in [0.717, 1.165) is 40.1 Å². The van der Waals surface area contributed by atoms with Gasteiger partial charge in [0.15, 0.2) is 15.0 Å². The Morgan fingerprint density at radius 3 is 2.09 bits per heavy atom. The molecule has 174 valence electrons. The van der Waals surface area contributed by atoms with Crippen molar-refractivity contribution < 1.29 is 13.2 Å². The molecule has 1 N–H and O–H groups in total. The number of rotatable bonds is 9. The number of sulfone groups is 1. The summed E-state index contributed by atoms with van der Waals surface area (Å²) in [5.74, 6) is -1.32. The summed E-state index contributed by atoms with van der Waals surface area (Å²) in [5, 5.41) is 3.12. The summed E-state index contributed by atoms with van der Waals surface area (Å²) < 4.78 is 24.9. The Balaban J connectivity index is 1.49. The lowest BCUT2D eigenvalue weighted by atomic mass is 10.0. The van der Waals surface area contributed by atoms with Crippen molar-refractivity contribution in [3.8, 4) is 22.4 Å². The number of nitrogens with one attached hydrogen (secondary N) is 1. The Kier molecular flexibility index (Phi) is 7.55. The minimum absolute atomic E-state index is 0.167. The summed E-state index contributed by atoms with van der Waals surface area (Å²) in [4.78, 5) is 18.2. The van der Waals surface area contributed by atoms with Crippen molar-refractivity contribution in [3.63, 3.8) is 0 Å². The molecule has 1 amide bonds. The van der Waals surface area contributed by atoms with E-state index in [0.29, 0.717) is 10.7 Å². The molecular formula is C27H26N2O3S2. The first kappa shape index (κ1) is 23.9. The molecule has 0 aliphatic rings. The summed E-state index contributed by atoms with van der Waals surface area (Å²) in [6, 6.07) is 27.2. The van der Waals surface area contributed by atoms with Gasteiger partial charge in [0.25, 0.3) is 0 Å². The Labute approximate surface area is 204 Å². The molecule has 4 aromatic rings. The average Bonchev–Trinajstić information content (AvgIpc) is 3.22. The van der Waals surface area contributed by atoms with Crippen LogP contribution in [0.3, 0.4) is 0 Å². The van der Waals surface area contributed by atoms with Crippen LogP contribution in [0.2, 0.25) is 0 Å². The van der Waals surface area contributed by atoms with Gasteiger partial charge in [-0.1, -0.05) is 98.3 Å². The van der Waals surface area contributed by atoms with E-state index in [2.05, 4.69) is 41.5 Å². The van der Waals surface area contributed by atoms with Gasteiger partial charge in [-0.25, -0.2) is 13.4 Å². The van der Waals surface area contributed by atoms with Crippen LogP contribution in [0.15, 0.2) is 84.9 Å². The van der Waals surface area contributed by atoms with Crippen LogP contribution < -0.4 is 5.32 Å². The van der Waals surface area contributed by atoms with Crippen LogP contribution in [0.1, 0.15) is 23.8 Å². The molecule has 0 spiro atoms. The fraction of sp³-hybridized carbons (Fsp3) is 0.185. The van der Waals surface area contributed by atoms with Crippen LogP contribution in [-0.2, 0) is 26.8 Å². The minimum atomic E-state index is -3.59. The fourth-order valence-electron chi connectivity index (χ4n) is 3.71. The number of thiazole rings is 1. The van der Waals surface area contributed by atoms with Crippen molar-refractivity contribution in [1.82, 2.24) is 4.98 Å². The number of nitrogens with zero attached hydrogens (tertiary/aromatic N) is 1. The number of aromatic nitrogens is 1. The molecule has 4 rings (SSSR count). The van der Waals surface area contributed by atoms with Crippen LogP contribution in [0.25, 0.3) is 22.4 Å². The summed E-state index contributed by atoms with van der Waals surface area (Å²) >= 11 is 1.40. The molecule has 0 saturated heterocycles. The van der Waals surface area contributed by atoms with E-state index in [1.54, 1.807) is 24.3 Å². The molecule has 0 atom stereocenters. The summed E-state index contributed by atoms with van der Waals surface area (Å²) in [6.45, 7) is 2.09. The zero-order chi connectivity index (χ0) is 24.0. The van der Waals surface area contributed by atoms with Gasteiger partial charge < -0.3 is 5.32 Å². The van der Waals surface area contributed by atoms with Gasteiger partial charge >= 0.3 is 0 Å². The predicted molar refractivity (Wildman–Crippen MR) is 140 cm³/mol. The predicted octanol–water partition coefficient (Wildman–Crippen LogP) is 5.98. The highest BCUT2D eigenvalue weighted by Gasteiger charge is 2.20. The first-order chi connectivity index (χ1) is 16.4. The van der Waals surface area contributed by atoms with Crippen molar-refractivity contribution >= 4 is 32.2 Å². The van der Waals surface area contributed by atoms with E-state index in [-0.39, 0.29) is 5.75 Å². The highest BCUT2D eigenvalue weighted by atomic mass is 32.2. The largest absolute Gasteiger partial charge is 0.301 e. The third kappa shape index (κ3) is 6.18. The van der Waals surface area contributed by atoms with Gasteiger partial charge in [-0.2, -0.15) is 0 Å². The standard InChI is InChI=1S/C27H26N2O3S2/c1-2-9-24-26(23-16-14-22(15-17-23)21-12-7-4-8-13-21)29-27(33-24)28-25(30)19-34(31,32)18-20-10-5-3-6-11-20/h3-8,10-17H,2,9,18-19H2,1H3,(H,28,29,30). The molecule has 3 aromatic carbocycles. The Morgan fingerprint density at radius 1 is 0.853 bits per heavy atom. The van der Waals surface area contributed by atoms with Gasteiger partial charge in [-0.05, 0) is 23.1 Å². The SMILES string of the molecule is CCCc1sc(NC(=O)CS(=O)(=O)Cc2ccccc2)nc1-c1ccc(-c2ccccc2)cc1. The maximum absolute atomic E-state index is 12.5. The average molecular weight is 491 g/mol. The summed E-state index contributed by atoms with van der Waals surface area (Å²) in [5.41, 5.74) is 4.72. The molecule has 0 aliphatic carbocycles. The van der Waals surface area contributed by atoms with E-state index in [1.807, 2.05) is 36.4 Å². The lowest BCUT2D eigenvalue weighted by molar-refractivity contribution is -0.113. The normalized spacial score (nSPS) is 11.3. The first-order valence-electron chi connectivity index (χ1n) is 11.1. The van der Waals surface area contributed by atoms with Gasteiger partial charge in [0.05, 0.1) is 11.4 Å². The minimum Gasteiger partial charge on any atom is -0.301 e. The lowest BCUT2D eigenvalue weighted by Crippen LogP contribution is -2.23. The number of anilines is 1. The summed E-state index contributed by atoms with van der Waals surface area (Å²) in [6.07, 6.45) is 1.77. The van der Waals surface area contributed by atoms with Crippen LogP contribution in [-0.4, -0.2) is 25.1 Å². The second kappa shape index (κ2) is 10.8. The first-order valence-corrected chi connectivity index (χ1v) is 13.8. The lowest BCUT2D eigenvalue weighted by Gasteiger charge is -2.05. The molecule has 0 aliphatic heterocycles. The third-order valence-electron chi connectivity index (χ3n) is 5.27. The molecule has 0 radical (unpaired) electrons. The number of hydrogen-bond acceptors (Lipinski definition) is 5. The number of amides is 1. The van der Waals surface area contributed by atoms with E-state index in [1.165, 1.54) is 11.3 Å². The molecule has 0 unspecified atom stereocenters. The monoisotopic (exact) mass is 490 g/mol. The zero-order valence-electron chi connectivity index (χ0n) is 18.9. The van der Waals surface area contributed by atoms with Crippen LogP contribution >= 0.6 is 11.3 Å². The van der Waals surface area contributed by atoms with E-state index in [9.17, 15) is 13.2 Å². The van der Waals surface area contributed by atoms with Gasteiger partial charge in [-0.15, -0.1) is 11.3 Å². The number of carbonyl (C=O) groups is 1. The van der Waals surface area contributed by atoms with Crippen molar-refractivity contribution in [2.75, 3.05) is 11.1 Å². The van der Waals surface area contributed by atoms with Gasteiger partial charge in [0.1, 0.15) is 5.75 Å². The maximum atomic E-state index is 12.5. The number of carbonyl (C=O) groups excluding carboxylic acids is 1. The second-order valence-electron chi connectivity index (χ2n) is 8.05. The topological polar surface area (TPSA) is 76.1 Å². The molecule has 1 heterocycles. The van der Waals surface area contributed by atoms with Gasteiger partial charge in [0.2, 0.25) is 5.91 Å². The molecule has 1 aromatic heterocycles. The Hall–Kier alpha value is -3.29.